The van der Waals surface area contributed by atoms with Gasteiger partial charge in [0.25, 0.3) is 0 Å². The molecular formula is C17H23NO2. The molecule has 0 unspecified atom stereocenters. The van der Waals surface area contributed by atoms with E-state index in [9.17, 15) is 0 Å². The highest BCUT2D eigenvalue weighted by Gasteiger charge is 2.05. The molecule has 0 aliphatic carbocycles. The Bertz CT molecular complexity index is 479. The molecule has 0 atom stereocenters. The van der Waals surface area contributed by atoms with Gasteiger partial charge >= 0.3 is 0 Å². The van der Waals surface area contributed by atoms with Gasteiger partial charge in [-0.25, -0.2) is 0 Å². The molecule has 1 aromatic heterocycles. The van der Waals surface area contributed by atoms with Gasteiger partial charge in [-0.05, 0) is 31.0 Å². The minimum Gasteiger partial charge on any atom is -0.467 e. The van der Waals surface area contributed by atoms with Crippen molar-refractivity contribution in [2.24, 2.45) is 0 Å². The standard InChI is InChI=1S/C17H23NO2/c1-2-18-13-16-10-12-20-17(16)14-19-11-6-9-15-7-4-3-5-8-15/h3-5,7-8,10,12,18H,2,6,9,11,13-14H2,1H3. The Morgan fingerprint density at radius 2 is 2.00 bits per heavy atom. The Morgan fingerprint density at radius 3 is 2.80 bits per heavy atom. The quantitative estimate of drug-likeness (QED) is 0.710. The maximum atomic E-state index is 5.70. The number of aryl methyl sites for hydroxylation is 1. The first kappa shape index (κ1) is 14.8. The molecule has 0 saturated carbocycles. The van der Waals surface area contributed by atoms with E-state index in [4.69, 9.17) is 9.15 Å². The van der Waals surface area contributed by atoms with Crippen molar-refractivity contribution in [3.8, 4) is 0 Å². The molecule has 0 spiro atoms. The molecule has 3 nitrogen and oxygen atoms in total. The predicted octanol–water partition coefficient (Wildman–Crippen LogP) is 3.54. The molecule has 2 aromatic rings. The van der Waals surface area contributed by atoms with Gasteiger partial charge in [-0.1, -0.05) is 37.3 Å². The fraction of sp³-hybridized carbons (Fsp3) is 0.412. The van der Waals surface area contributed by atoms with Crippen LogP contribution in [0.5, 0.6) is 0 Å². The maximum Gasteiger partial charge on any atom is 0.133 e. The molecule has 0 radical (unpaired) electrons. The lowest BCUT2D eigenvalue weighted by atomic mass is 10.1. The van der Waals surface area contributed by atoms with Gasteiger partial charge in [-0.15, -0.1) is 0 Å². The number of ether oxygens (including phenoxy) is 1. The van der Waals surface area contributed by atoms with Crippen LogP contribution in [0.4, 0.5) is 0 Å². The zero-order chi connectivity index (χ0) is 14.0. The first-order chi connectivity index (χ1) is 9.90. The van der Waals surface area contributed by atoms with E-state index in [2.05, 4.69) is 36.5 Å². The van der Waals surface area contributed by atoms with Crippen molar-refractivity contribution in [1.82, 2.24) is 5.32 Å². The minimum absolute atomic E-state index is 0.558. The number of nitrogens with one attached hydrogen (secondary N) is 1. The topological polar surface area (TPSA) is 34.4 Å². The molecular weight excluding hydrogens is 250 g/mol. The highest BCUT2D eigenvalue weighted by atomic mass is 16.5. The van der Waals surface area contributed by atoms with Gasteiger partial charge in [-0.3, -0.25) is 0 Å². The number of benzene rings is 1. The summed E-state index contributed by atoms with van der Waals surface area (Å²) in [5.74, 6) is 0.936. The summed E-state index contributed by atoms with van der Waals surface area (Å²) in [5.41, 5.74) is 2.55. The van der Waals surface area contributed by atoms with Crippen LogP contribution in [0.25, 0.3) is 0 Å². The molecule has 0 saturated heterocycles. The molecule has 0 aliphatic heterocycles. The summed E-state index contributed by atoms with van der Waals surface area (Å²) < 4.78 is 11.2. The third-order valence-electron chi connectivity index (χ3n) is 3.23. The number of rotatable bonds is 9. The number of hydrogen-bond acceptors (Lipinski definition) is 3. The zero-order valence-corrected chi connectivity index (χ0v) is 12.1. The Morgan fingerprint density at radius 1 is 1.15 bits per heavy atom. The summed E-state index contributed by atoms with van der Waals surface area (Å²) in [7, 11) is 0. The third kappa shape index (κ3) is 4.83. The van der Waals surface area contributed by atoms with Gasteiger partial charge in [0, 0.05) is 18.7 Å². The summed E-state index contributed by atoms with van der Waals surface area (Å²) in [4.78, 5) is 0. The van der Waals surface area contributed by atoms with Crippen LogP contribution in [-0.2, 0) is 24.3 Å². The first-order valence-electron chi connectivity index (χ1n) is 7.27. The monoisotopic (exact) mass is 273 g/mol. The van der Waals surface area contributed by atoms with Crippen molar-refractivity contribution in [3.05, 3.63) is 59.5 Å². The van der Waals surface area contributed by atoms with Crippen molar-refractivity contribution < 1.29 is 9.15 Å². The minimum atomic E-state index is 0.558. The second-order valence-electron chi connectivity index (χ2n) is 4.79. The normalized spacial score (nSPS) is 10.8. The van der Waals surface area contributed by atoms with E-state index >= 15 is 0 Å². The largest absolute Gasteiger partial charge is 0.467 e. The van der Waals surface area contributed by atoms with Crippen LogP contribution in [0, 0.1) is 0 Å². The Labute approximate surface area is 121 Å². The Kier molecular flexibility index (Phi) is 6.35. The van der Waals surface area contributed by atoms with E-state index in [1.807, 2.05) is 12.1 Å². The van der Waals surface area contributed by atoms with Crippen LogP contribution in [0.3, 0.4) is 0 Å². The molecule has 1 N–H and O–H groups in total. The molecule has 1 aromatic carbocycles. The van der Waals surface area contributed by atoms with E-state index in [1.165, 1.54) is 11.1 Å². The summed E-state index contributed by atoms with van der Waals surface area (Å²) >= 11 is 0. The van der Waals surface area contributed by atoms with Crippen molar-refractivity contribution in [2.45, 2.75) is 32.9 Å². The van der Waals surface area contributed by atoms with Gasteiger partial charge in [-0.2, -0.15) is 0 Å². The molecule has 20 heavy (non-hydrogen) atoms. The van der Waals surface area contributed by atoms with Gasteiger partial charge < -0.3 is 14.5 Å². The Balaban J connectivity index is 1.65. The first-order valence-corrected chi connectivity index (χ1v) is 7.27. The van der Waals surface area contributed by atoms with Crippen LogP contribution < -0.4 is 5.32 Å². The van der Waals surface area contributed by atoms with Crippen LogP contribution in [0.2, 0.25) is 0 Å². The smallest absolute Gasteiger partial charge is 0.133 e. The summed E-state index contributed by atoms with van der Waals surface area (Å²) in [5, 5.41) is 3.30. The number of furan rings is 1. The zero-order valence-electron chi connectivity index (χ0n) is 12.1. The van der Waals surface area contributed by atoms with Crippen molar-refractivity contribution >= 4 is 0 Å². The van der Waals surface area contributed by atoms with E-state index in [0.29, 0.717) is 6.61 Å². The summed E-state index contributed by atoms with van der Waals surface area (Å²) in [6.45, 7) is 5.22. The van der Waals surface area contributed by atoms with Crippen LogP contribution in [-0.4, -0.2) is 13.2 Å². The molecule has 0 amide bonds. The SMILES string of the molecule is CCNCc1ccoc1COCCCc1ccccc1. The molecule has 3 heteroatoms. The fourth-order valence-corrected chi connectivity index (χ4v) is 2.10. The third-order valence-corrected chi connectivity index (χ3v) is 3.23. The van der Waals surface area contributed by atoms with Gasteiger partial charge in [0.1, 0.15) is 12.4 Å². The summed E-state index contributed by atoms with van der Waals surface area (Å²) in [6, 6.07) is 12.5. The number of hydrogen-bond donors (Lipinski definition) is 1. The molecule has 1 heterocycles. The highest BCUT2D eigenvalue weighted by Crippen LogP contribution is 2.12. The summed E-state index contributed by atoms with van der Waals surface area (Å²) in [6.07, 6.45) is 3.83. The van der Waals surface area contributed by atoms with Crippen LogP contribution in [0.15, 0.2) is 47.1 Å². The Hall–Kier alpha value is -1.58. The predicted molar refractivity (Wildman–Crippen MR) is 80.5 cm³/mol. The second kappa shape index (κ2) is 8.56. The van der Waals surface area contributed by atoms with Crippen LogP contribution >= 0.6 is 0 Å². The van der Waals surface area contributed by atoms with Crippen LogP contribution in [0.1, 0.15) is 30.2 Å². The average Bonchev–Trinajstić information content (AvgIpc) is 2.93. The van der Waals surface area contributed by atoms with E-state index in [0.717, 1.165) is 38.3 Å². The second-order valence-corrected chi connectivity index (χ2v) is 4.79. The van der Waals surface area contributed by atoms with Gasteiger partial charge in [0.15, 0.2) is 0 Å². The van der Waals surface area contributed by atoms with Gasteiger partial charge in [0.05, 0.1) is 6.26 Å². The lowest BCUT2D eigenvalue weighted by Gasteiger charge is -2.05. The van der Waals surface area contributed by atoms with E-state index in [-0.39, 0.29) is 0 Å². The average molecular weight is 273 g/mol. The lowest BCUT2D eigenvalue weighted by Crippen LogP contribution is -2.12. The van der Waals surface area contributed by atoms with Gasteiger partial charge in [0.2, 0.25) is 0 Å². The molecule has 0 fully saturated rings. The molecule has 108 valence electrons. The fourth-order valence-electron chi connectivity index (χ4n) is 2.10. The van der Waals surface area contributed by atoms with Crippen molar-refractivity contribution in [3.63, 3.8) is 0 Å². The molecule has 0 aliphatic rings. The molecule has 2 rings (SSSR count). The molecule has 0 bridgehead atoms. The van der Waals surface area contributed by atoms with Crippen molar-refractivity contribution in [2.75, 3.05) is 13.2 Å². The lowest BCUT2D eigenvalue weighted by molar-refractivity contribution is 0.103. The highest BCUT2D eigenvalue weighted by molar-refractivity contribution is 5.16. The maximum absolute atomic E-state index is 5.70. The van der Waals surface area contributed by atoms with Crippen molar-refractivity contribution in [1.29, 1.82) is 0 Å². The van der Waals surface area contributed by atoms with E-state index in [1.54, 1.807) is 6.26 Å². The van der Waals surface area contributed by atoms with E-state index < -0.39 is 0 Å².